The maximum atomic E-state index is 4.31. The van der Waals surface area contributed by atoms with Crippen LogP contribution in [0, 0.1) is 6.92 Å². The molecule has 0 saturated heterocycles. The summed E-state index contributed by atoms with van der Waals surface area (Å²) in [5.41, 5.74) is 1.08. The molecule has 2 heterocycles. The van der Waals surface area contributed by atoms with Crippen molar-refractivity contribution in [1.29, 1.82) is 0 Å². The maximum absolute atomic E-state index is 4.31. The van der Waals surface area contributed by atoms with Crippen molar-refractivity contribution >= 4 is 33.5 Å². The Kier molecular flexibility index (Phi) is 3.28. The standard InChI is InChI=1S/C10H13BrN6/c1-6-4-8(16-17(6)3)14-9-7(11)5-13-10(12-2)15-9/h4-5H,1-3H3,(H2,12,13,14,15,16). The Labute approximate surface area is 108 Å². The van der Waals surface area contributed by atoms with Gasteiger partial charge in [-0.05, 0) is 22.9 Å². The van der Waals surface area contributed by atoms with E-state index in [0.29, 0.717) is 11.8 Å². The molecule has 0 aromatic carbocycles. The van der Waals surface area contributed by atoms with Crippen molar-refractivity contribution in [2.24, 2.45) is 7.05 Å². The molecule has 2 N–H and O–H groups in total. The van der Waals surface area contributed by atoms with E-state index in [1.807, 2.05) is 20.0 Å². The molecular formula is C10H13BrN6. The Morgan fingerprint density at radius 3 is 2.76 bits per heavy atom. The second-order valence-electron chi connectivity index (χ2n) is 3.56. The van der Waals surface area contributed by atoms with E-state index in [4.69, 9.17) is 0 Å². The zero-order valence-corrected chi connectivity index (χ0v) is 11.4. The molecule has 0 radical (unpaired) electrons. The lowest BCUT2D eigenvalue weighted by Crippen LogP contribution is -2.02. The summed E-state index contributed by atoms with van der Waals surface area (Å²) in [5, 5.41) is 10.3. The quantitative estimate of drug-likeness (QED) is 0.907. The van der Waals surface area contributed by atoms with Crippen LogP contribution in [0.1, 0.15) is 5.69 Å². The summed E-state index contributed by atoms with van der Waals surface area (Å²) in [5.74, 6) is 2.00. The minimum atomic E-state index is 0.559. The first kappa shape index (κ1) is 11.8. The molecule has 6 nitrogen and oxygen atoms in total. The first-order valence-electron chi connectivity index (χ1n) is 5.08. The molecule has 2 aromatic heterocycles. The second-order valence-corrected chi connectivity index (χ2v) is 4.41. The number of rotatable bonds is 3. The van der Waals surface area contributed by atoms with E-state index in [0.717, 1.165) is 16.0 Å². The fraction of sp³-hybridized carbons (Fsp3) is 0.300. The SMILES string of the molecule is CNc1ncc(Br)c(Nc2cc(C)n(C)n2)n1. The van der Waals surface area contributed by atoms with E-state index >= 15 is 0 Å². The van der Waals surface area contributed by atoms with Crippen LogP contribution in [0.2, 0.25) is 0 Å². The second kappa shape index (κ2) is 4.70. The molecule has 0 aliphatic carbocycles. The van der Waals surface area contributed by atoms with Crippen molar-refractivity contribution in [2.45, 2.75) is 6.92 Å². The van der Waals surface area contributed by atoms with Gasteiger partial charge in [-0.15, -0.1) is 0 Å². The first-order chi connectivity index (χ1) is 8.10. The molecule has 0 aliphatic heterocycles. The molecule has 0 spiro atoms. The van der Waals surface area contributed by atoms with Crippen LogP contribution in [0.5, 0.6) is 0 Å². The summed E-state index contributed by atoms with van der Waals surface area (Å²) in [4.78, 5) is 8.38. The molecule has 2 rings (SSSR count). The van der Waals surface area contributed by atoms with Gasteiger partial charge in [-0.25, -0.2) is 4.98 Å². The monoisotopic (exact) mass is 296 g/mol. The zero-order chi connectivity index (χ0) is 12.4. The molecule has 7 heteroatoms. The van der Waals surface area contributed by atoms with Gasteiger partial charge in [0, 0.05) is 32.1 Å². The van der Waals surface area contributed by atoms with Crippen molar-refractivity contribution in [3.05, 3.63) is 22.4 Å². The number of hydrogen-bond donors (Lipinski definition) is 2. The van der Waals surface area contributed by atoms with E-state index in [-0.39, 0.29) is 0 Å². The normalized spacial score (nSPS) is 10.4. The number of nitrogens with one attached hydrogen (secondary N) is 2. The highest BCUT2D eigenvalue weighted by Gasteiger charge is 2.07. The number of aromatic nitrogens is 4. The van der Waals surface area contributed by atoms with Gasteiger partial charge in [-0.1, -0.05) is 0 Å². The highest BCUT2D eigenvalue weighted by Crippen LogP contribution is 2.23. The van der Waals surface area contributed by atoms with Crippen molar-refractivity contribution in [3.8, 4) is 0 Å². The van der Waals surface area contributed by atoms with Gasteiger partial charge in [-0.3, -0.25) is 4.68 Å². The van der Waals surface area contributed by atoms with Crippen molar-refractivity contribution < 1.29 is 0 Å². The van der Waals surface area contributed by atoms with Crippen LogP contribution in [0.25, 0.3) is 0 Å². The Morgan fingerprint density at radius 1 is 1.41 bits per heavy atom. The molecule has 17 heavy (non-hydrogen) atoms. The van der Waals surface area contributed by atoms with E-state index in [1.54, 1.807) is 17.9 Å². The molecule has 0 atom stereocenters. The molecule has 90 valence electrons. The topological polar surface area (TPSA) is 67.7 Å². The average Bonchev–Trinajstić information content (AvgIpc) is 2.61. The Bertz CT molecular complexity index is 516. The van der Waals surface area contributed by atoms with Crippen molar-refractivity contribution in [1.82, 2.24) is 19.7 Å². The van der Waals surface area contributed by atoms with Crippen LogP contribution < -0.4 is 10.6 Å². The minimum Gasteiger partial charge on any atom is -0.357 e. The molecule has 2 aromatic rings. The van der Waals surface area contributed by atoms with E-state index < -0.39 is 0 Å². The molecule has 0 bridgehead atoms. The fourth-order valence-electron chi connectivity index (χ4n) is 1.32. The van der Waals surface area contributed by atoms with Gasteiger partial charge >= 0.3 is 0 Å². The summed E-state index contributed by atoms with van der Waals surface area (Å²) in [6.45, 7) is 1.99. The zero-order valence-electron chi connectivity index (χ0n) is 9.82. The molecule has 0 amide bonds. The summed E-state index contributed by atoms with van der Waals surface area (Å²) in [7, 11) is 3.67. The van der Waals surface area contributed by atoms with Gasteiger partial charge < -0.3 is 10.6 Å². The van der Waals surface area contributed by atoms with Gasteiger partial charge in [0.2, 0.25) is 5.95 Å². The number of aryl methyl sites for hydroxylation is 2. The van der Waals surface area contributed by atoms with Gasteiger partial charge in [0.1, 0.15) is 0 Å². The number of anilines is 3. The third kappa shape index (κ3) is 2.55. The van der Waals surface area contributed by atoms with Gasteiger partial charge in [0.15, 0.2) is 11.6 Å². The predicted octanol–water partition coefficient (Wildman–Crippen LogP) is 2.07. The fourth-order valence-corrected chi connectivity index (χ4v) is 1.61. The summed E-state index contributed by atoms with van der Waals surface area (Å²) >= 11 is 3.39. The summed E-state index contributed by atoms with van der Waals surface area (Å²) in [6, 6.07) is 1.95. The van der Waals surface area contributed by atoms with Gasteiger partial charge in [0.05, 0.1) is 4.47 Å². The lowest BCUT2D eigenvalue weighted by molar-refractivity contribution is 0.743. The Balaban J connectivity index is 2.28. The Morgan fingerprint density at radius 2 is 2.18 bits per heavy atom. The van der Waals surface area contributed by atoms with Crippen LogP contribution in [-0.4, -0.2) is 26.8 Å². The summed E-state index contributed by atoms with van der Waals surface area (Å²) in [6.07, 6.45) is 1.69. The smallest absolute Gasteiger partial charge is 0.224 e. The Hall–Kier alpha value is -1.63. The lowest BCUT2D eigenvalue weighted by atomic mass is 10.4. The first-order valence-corrected chi connectivity index (χ1v) is 5.87. The molecule has 0 fully saturated rings. The lowest BCUT2D eigenvalue weighted by Gasteiger charge is -2.06. The van der Waals surface area contributed by atoms with Crippen LogP contribution in [0.3, 0.4) is 0 Å². The van der Waals surface area contributed by atoms with Crippen LogP contribution in [0.4, 0.5) is 17.6 Å². The largest absolute Gasteiger partial charge is 0.357 e. The van der Waals surface area contributed by atoms with Crippen molar-refractivity contribution in [3.63, 3.8) is 0 Å². The highest BCUT2D eigenvalue weighted by atomic mass is 79.9. The third-order valence-corrected chi connectivity index (χ3v) is 2.91. The van der Waals surface area contributed by atoms with E-state index in [9.17, 15) is 0 Å². The van der Waals surface area contributed by atoms with Crippen molar-refractivity contribution in [2.75, 3.05) is 17.7 Å². The van der Waals surface area contributed by atoms with Gasteiger partial charge in [0.25, 0.3) is 0 Å². The van der Waals surface area contributed by atoms with Gasteiger partial charge in [-0.2, -0.15) is 10.1 Å². The maximum Gasteiger partial charge on any atom is 0.224 e. The third-order valence-electron chi connectivity index (χ3n) is 2.33. The van der Waals surface area contributed by atoms with Crippen LogP contribution in [-0.2, 0) is 7.05 Å². The predicted molar refractivity (Wildman–Crippen MR) is 70.5 cm³/mol. The van der Waals surface area contributed by atoms with Crippen LogP contribution in [0.15, 0.2) is 16.7 Å². The number of halogens is 1. The highest BCUT2D eigenvalue weighted by molar-refractivity contribution is 9.10. The number of hydrogen-bond acceptors (Lipinski definition) is 5. The molecule has 0 aliphatic rings. The molecular weight excluding hydrogens is 284 g/mol. The summed E-state index contributed by atoms with van der Waals surface area (Å²) < 4.78 is 2.59. The number of nitrogens with zero attached hydrogens (tertiary/aromatic N) is 4. The molecule has 0 unspecified atom stereocenters. The van der Waals surface area contributed by atoms with E-state index in [2.05, 4.69) is 41.6 Å². The average molecular weight is 297 g/mol. The van der Waals surface area contributed by atoms with E-state index in [1.165, 1.54) is 0 Å². The van der Waals surface area contributed by atoms with Crippen LogP contribution >= 0.6 is 15.9 Å². The molecule has 0 saturated carbocycles. The minimum absolute atomic E-state index is 0.559.